The average Bonchev–Trinajstić information content (AvgIpc) is 3.17. The number of carbonyl (C=O) groups is 2. The molecule has 0 bridgehead atoms. The Labute approximate surface area is 336 Å². The number of rotatable bonds is 41. The van der Waals surface area contributed by atoms with Gasteiger partial charge in [-0.3, -0.25) is 18.6 Å². The van der Waals surface area contributed by atoms with Gasteiger partial charge in [-0.1, -0.05) is 184 Å². The summed E-state index contributed by atoms with van der Waals surface area (Å²) in [5.41, 5.74) is 5.34. The Morgan fingerprint density at radius 1 is 0.545 bits per heavy atom. The van der Waals surface area contributed by atoms with Crippen LogP contribution >= 0.6 is 7.82 Å². The van der Waals surface area contributed by atoms with E-state index in [0.717, 1.165) is 38.5 Å². The van der Waals surface area contributed by atoms with Crippen molar-refractivity contribution in [1.29, 1.82) is 0 Å². The van der Waals surface area contributed by atoms with E-state index in [0.29, 0.717) is 6.42 Å². The topological polar surface area (TPSA) is 134 Å². The number of carbonyl (C=O) groups excluding carboxylic acids is 2. The molecule has 9 nitrogen and oxygen atoms in total. The molecule has 0 saturated carbocycles. The standard InChI is InChI=1S/C45H82NO8P/c1-3-5-7-9-11-13-15-17-19-21-23-25-27-29-31-33-35-37-44(47)51-41-43(42-53-55(49,50)52-40-39-46)54-45(48)38-36-34-32-30-28-26-24-22-20-18-16-14-12-10-8-6-4-2/h14,16,20,22,26,28,32,34,43H,3-13,15,17-19,21,23-25,27,29-31,33,35-42,46H2,1-2H3,(H,49,50)/b16-14-,22-20-,28-26-,34-32-. The van der Waals surface area contributed by atoms with E-state index in [-0.39, 0.29) is 32.6 Å². The molecule has 0 heterocycles. The zero-order valence-corrected chi connectivity index (χ0v) is 36.0. The summed E-state index contributed by atoms with van der Waals surface area (Å²) in [5.74, 6) is -0.918. The van der Waals surface area contributed by atoms with E-state index < -0.39 is 32.5 Å². The van der Waals surface area contributed by atoms with Crippen LogP contribution in [0.5, 0.6) is 0 Å². The maximum absolute atomic E-state index is 12.5. The fourth-order valence-electron chi connectivity index (χ4n) is 5.93. The lowest BCUT2D eigenvalue weighted by Gasteiger charge is -2.19. The second-order valence-electron chi connectivity index (χ2n) is 14.6. The van der Waals surface area contributed by atoms with Gasteiger partial charge in [0, 0.05) is 19.4 Å². The van der Waals surface area contributed by atoms with Gasteiger partial charge in [0.1, 0.15) is 6.61 Å². The van der Waals surface area contributed by atoms with Crippen molar-refractivity contribution in [2.45, 2.75) is 200 Å². The molecule has 0 rings (SSSR count). The summed E-state index contributed by atoms with van der Waals surface area (Å²) in [4.78, 5) is 34.8. The molecule has 0 aliphatic rings. The Morgan fingerprint density at radius 2 is 0.982 bits per heavy atom. The fraction of sp³-hybridized carbons (Fsp3) is 0.778. The summed E-state index contributed by atoms with van der Waals surface area (Å²) in [6.07, 6.45) is 47.3. The largest absolute Gasteiger partial charge is 0.472 e. The quantitative estimate of drug-likeness (QED) is 0.0268. The lowest BCUT2D eigenvalue weighted by molar-refractivity contribution is -0.161. The summed E-state index contributed by atoms with van der Waals surface area (Å²) < 4.78 is 32.7. The monoisotopic (exact) mass is 796 g/mol. The van der Waals surface area contributed by atoms with E-state index in [9.17, 15) is 19.0 Å². The van der Waals surface area contributed by atoms with Gasteiger partial charge < -0.3 is 20.1 Å². The molecule has 2 unspecified atom stereocenters. The lowest BCUT2D eigenvalue weighted by atomic mass is 10.0. The van der Waals surface area contributed by atoms with Crippen LogP contribution in [0.4, 0.5) is 0 Å². The number of hydrogen-bond donors (Lipinski definition) is 2. The second-order valence-corrected chi connectivity index (χ2v) is 16.0. The SMILES string of the molecule is CCCCCC/C=C\C/C=C\C/C=C\C/C=C\CCC(=O)OC(COC(=O)CCCCCCCCCCCCCCCCCCC)COP(=O)(O)OCCN. The summed E-state index contributed by atoms with van der Waals surface area (Å²) >= 11 is 0. The van der Waals surface area contributed by atoms with Crippen LogP contribution in [0.15, 0.2) is 48.6 Å². The minimum atomic E-state index is -4.39. The smallest absolute Gasteiger partial charge is 0.462 e. The molecule has 0 aromatic carbocycles. The summed E-state index contributed by atoms with van der Waals surface area (Å²) in [5, 5.41) is 0. The molecule has 0 aromatic rings. The Kier molecular flexibility index (Phi) is 40.1. The van der Waals surface area contributed by atoms with E-state index in [2.05, 4.69) is 50.3 Å². The first-order valence-corrected chi connectivity index (χ1v) is 23.6. The van der Waals surface area contributed by atoms with Crippen molar-refractivity contribution < 1.29 is 37.6 Å². The number of allylic oxidation sites excluding steroid dienone is 8. The number of ether oxygens (including phenoxy) is 2. The maximum atomic E-state index is 12.5. The molecule has 0 radical (unpaired) electrons. The van der Waals surface area contributed by atoms with E-state index in [1.165, 1.54) is 122 Å². The summed E-state index contributed by atoms with van der Waals surface area (Å²) in [6.45, 7) is 3.64. The molecular weight excluding hydrogens is 713 g/mol. The molecule has 0 aliphatic carbocycles. The average molecular weight is 796 g/mol. The highest BCUT2D eigenvalue weighted by Crippen LogP contribution is 2.43. The third-order valence-electron chi connectivity index (χ3n) is 9.23. The third-order valence-corrected chi connectivity index (χ3v) is 10.2. The molecule has 0 fully saturated rings. The van der Waals surface area contributed by atoms with Gasteiger partial charge in [-0.15, -0.1) is 0 Å². The first kappa shape index (κ1) is 53.0. The van der Waals surface area contributed by atoms with Crippen molar-refractivity contribution in [2.24, 2.45) is 5.73 Å². The van der Waals surface area contributed by atoms with Crippen molar-refractivity contribution in [2.75, 3.05) is 26.4 Å². The minimum absolute atomic E-state index is 0.0425. The molecule has 0 aromatic heterocycles. The van der Waals surface area contributed by atoms with Crippen molar-refractivity contribution in [3.8, 4) is 0 Å². The molecular formula is C45H82NO8P. The van der Waals surface area contributed by atoms with Crippen molar-refractivity contribution in [3.05, 3.63) is 48.6 Å². The van der Waals surface area contributed by atoms with Crippen molar-refractivity contribution >= 4 is 19.8 Å². The number of nitrogens with two attached hydrogens (primary N) is 1. The fourth-order valence-corrected chi connectivity index (χ4v) is 6.70. The van der Waals surface area contributed by atoms with Crippen LogP contribution in [-0.2, 0) is 32.7 Å². The highest BCUT2D eigenvalue weighted by Gasteiger charge is 2.25. The van der Waals surface area contributed by atoms with E-state index in [1.54, 1.807) is 0 Å². The molecule has 3 N–H and O–H groups in total. The van der Waals surface area contributed by atoms with E-state index in [4.69, 9.17) is 24.3 Å². The van der Waals surface area contributed by atoms with Gasteiger partial charge >= 0.3 is 19.8 Å². The van der Waals surface area contributed by atoms with Crippen molar-refractivity contribution in [3.63, 3.8) is 0 Å². The van der Waals surface area contributed by atoms with Gasteiger partial charge in [-0.2, -0.15) is 0 Å². The maximum Gasteiger partial charge on any atom is 0.472 e. The first-order chi connectivity index (χ1) is 26.8. The van der Waals surface area contributed by atoms with Gasteiger partial charge in [0.25, 0.3) is 0 Å². The number of phosphoric acid groups is 1. The molecule has 55 heavy (non-hydrogen) atoms. The van der Waals surface area contributed by atoms with Crippen molar-refractivity contribution in [1.82, 2.24) is 0 Å². The molecule has 0 aliphatic heterocycles. The first-order valence-electron chi connectivity index (χ1n) is 22.1. The number of esters is 2. The second kappa shape index (κ2) is 41.6. The van der Waals surface area contributed by atoms with Crippen LogP contribution < -0.4 is 5.73 Å². The molecule has 0 amide bonds. The molecule has 320 valence electrons. The Balaban J connectivity index is 4.24. The van der Waals surface area contributed by atoms with Crippen LogP contribution in [-0.4, -0.2) is 49.3 Å². The van der Waals surface area contributed by atoms with Gasteiger partial charge in [-0.05, 0) is 44.9 Å². The van der Waals surface area contributed by atoms with E-state index >= 15 is 0 Å². The van der Waals surface area contributed by atoms with Gasteiger partial charge in [0.2, 0.25) is 0 Å². The zero-order valence-electron chi connectivity index (χ0n) is 35.2. The highest BCUT2D eigenvalue weighted by molar-refractivity contribution is 7.47. The van der Waals surface area contributed by atoms with Crippen LogP contribution in [0.3, 0.4) is 0 Å². The Morgan fingerprint density at radius 3 is 1.47 bits per heavy atom. The summed E-state index contributed by atoms with van der Waals surface area (Å²) in [6, 6.07) is 0. The van der Waals surface area contributed by atoms with Gasteiger partial charge in [0.05, 0.1) is 13.2 Å². The number of phosphoric ester groups is 1. The van der Waals surface area contributed by atoms with Crippen LogP contribution in [0.25, 0.3) is 0 Å². The number of hydrogen-bond acceptors (Lipinski definition) is 8. The number of unbranched alkanes of at least 4 members (excludes halogenated alkanes) is 20. The van der Waals surface area contributed by atoms with Crippen LogP contribution in [0.1, 0.15) is 194 Å². The Bertz CT molecular complexity index is 1040. The predicted octanol–water partition coefficient (Wildman–Crippen LogP) is 12.7. The molecule has 0 spiro atoms. The minimum Gasteiger partial charge on any atom is -0.462 e. The molecule has 0 saturated heterocycles. The lowest BCUT2D eigenvalue weighted by Crippen LogP contribution is -2.29. The Hall–Kier alpha value is -2.03. The van der Waals surface area contributed by atoms with Gasteiger partial charge in [0.15, 0.2) is 6.10 Å². The molecule has 10 heteroatoms. The van der Waals surface area contributed by atoms with E-state index in [1.807, 2.05) is 12.2 Å². The van der Waals surface area contributed by atoms with Crippen LogP contribution in [0, 0.1) is 0 Å². The molecule has 2 atom stereocenters. The highest BCUT2D eigenvalue weighted by atomic mass is 31.2. The predicted molar refractivity (Wildman–Crippen MR) is 229 cm³/mol. The third kappa shape index (κ3) is 41.4. The van der Waals surface area contributed by atoms with Crippen LogP contribution in [0.2, 0.25) is 0 Å². The summed E-state index contributed by atoms with van der Waals surface area (Å²) in [7, 11) is -4.39. The van der Waals surface area contributed by atoms with Gasteiger partial charge in [-0.25, -0.2) is 4.57 Å². The zero-order chi connectivity index (χ0) is 40.3. The normalized spacial score (nSPS) is 13.7.